The molecule has 6 nitrogen and oxygen atoms in total. The second kappa shape index (κ2) is 5.16. The first kappa shape index (κ1) is 13.5. The lowest BCUT2D eigenvalue weighted by molar-refractivity contribution is -0.148. The van der Waals surface area contributed by atoms with Gasteiger partial charge in [-0.2, -0.15) is 4.98 Å². The topological polar surface area (TPSA) is 85.5 Å². The Morgan fingerprint density at radius 2 is 2.20 bits per heavy atom. The van der Waals surface area contributed by atoms with Crippen molar-refractivity contribution in [1.29, 1.82) is 0 Å². The molecule has 0 saturated heterocycles. The number of carboxylic acids is 1. The predicted molar refractivity (Wildman–Crippen MR) is 69.0 cm³/mol. The molecule has 0 aromatic carbocycles. The summed E-state index contributed by atoms with van der Waals surface area (Å²) in [7, 11) is 1.65. The molecule has 1 atom stereocenters. The van der Waals surface area contributed by atoms with Crippen molar-refractivity contribution in [3.05, 3.63) is 11.7 Å². The van der Waals surface area contributed by atoms with Gasteiger partial charge in [-0.1, -0.05) is 18.0 Å². The van der Waals surface area contributed by atoms with Crippen LogP contribution in [0.15, 0.2) is 4.52 Å². The molecular formula is C14H20N2O4. The van der Waals surface area contributed by atoms with Crippen LogP contribution in [-0.2, 0) is 16.0 Å². The molecule has 1 N–H and O–H groups in total. The number of aromatic nitrogens is 2. The number of ether oxygens (including phenoxy) is 1. The Hall–Kier alpha value is -1.43. The smallest absolute Gasteiger partial charge is 0.310 e. The molecule has 6 heteroatoms. The number of carboxylic acid groups (broad SMARTS) is 1. The van der Waals surface area contributed by atoms with Crippen molar-refractivity contribution in [2.24, 2.45) is 11.3 Å². The highest BCUT2D eigenvalue weighted by molar-refractivity contribution is 5.75. The number of hydrogen-bond donors (Lipinski definition) is 1. The van der Waals surface area contributed by atoms with Gasteiger partial charge in [0.2, 0.25) is 11.7 Å². The number of carbonyl (C=O) groups is 1. The van der Waals surface area contributed by atoms with E-state index in [1.54, 1.807) is 7.11 Å². The van der Waals surface area contributed by atoms with E-state index in [1.165, 1.54) is 0 Å². The average Bonchev–Trinajstić information content (AvgIpc) is 2.97. The molecule has 2 aliphatic carbocycles. The summed E-state index contributed by atoms with van der Waals surface area (Å²) in [5.74, 6) is 0.709. The van der Waals surface area contributed by atoms with Crippen LogP contribution in [0.2, 0.25) is 0 Å². The van der Waals surface area contributed by atoms with Gasteiger partial charge in [0.1, 0.15) is 6.10 Å². The largest absolute Gasteiger partial charge is 0.481 e. The van der Waals surface area contributed by atoms with Crippen molar-refractivity contribution in [2.75, 3.05) is 7.11 Å². The van der Waals surface area contributed by atoms with E-state index in [0.29, 0.717) is 36.9 Å². The second-order valence-electron chi connectivity index (χ2n) is 6.01. The Kier molecular flexibility index (Phi) is 3.50. The second-order valence-corrected chi connectivity index (χ2v) is 6.01. The van der Waals surface area contributed by atoms with Crippen LogP contribution >= 0.6 is 0 Å². The number of nitrogens with zero attached hydrogens (tertiary/aromatic N) is 2. The Balaban J connectivity index is 1.74. The number of rotatable bonds is 6. The third kappa shape index (κ3) is 2.44. The normalized spacial score (nSPS) is 22.9. The minimum Gasteiger partial charge on any atom is -0.481 e. The van der Waals surface area contributed by atoms with E-state index in [9.17, 15) is 9.90 Å². The van der Waals surface area contributed by atoms with Crippen LogP contribution in [0, 0.1) is 11.3 Å². The van der Waals surface area contributed by atoms with E-state index in [-0.39, 0.29) is 6.10 Å². The van der Waals surface area contributed by atoms with Crippen molar-refractivity contribution in [2.45, 2.75) is 51.0 Å². The lowest BCUT2D eigenvalue weighted by Crippen LogP contribution is -2.30. The Morgan fingerprint density at radius 3 is 2.75 bits per heavy atom. The molecule has 20 heavy (non-hydrogen) atoms. The van der Waals surface area contributed by atoms with Crippen molar-refractivity contribution in [3.8, 4) is 0 Å². The first-order valence-electron chi connectivity index (χ1n) is 7.23. The fourth-order valence-corrected chi connectivity index (χ4v) is 3.17. The standard InChI is InChI=1S/C14H20N2O4/c1-19-11(9-4-5-9)12-15-10(20-16-12)8-14(13(17)18)6-2-3-7-14/h9,11H,2-8H2,1H3,(H,17,18). The maximum Gasteiger partial charge on any atom is 0.310 e. The lowest BCUT2D eigenvalue weighted by Gasteiger charge is -2.21. The van der Waals surface area contributed by atoms with E-state index in [4.69, 9.17) is 9.26 Å². The molecule has 0 spiro atoms. The molecule has 110 valence electrons. The Labute approximate surface area is 117 Å². The molecule has 2 saturated carbocycles. The monoisotopic (exact) mass is 280 g/mol. The van der Waals surface area contributed by atoms with Gasteiger partial charge in [-0.3, -0.25) is 4.79 Å². The van der Waals surface area contributed by atoms with Gasteiger partial charge in [0, 0.05) is 13.5 Å². The van der Waals surface area contributed by atoms with Crippen LogP contribution in [0.3, 0.4) is 0 Å². The van der Waals surface area contributed by atoms with Gasteiger partial charge in [0.25, 0.3) is 0 Å². The van der Waals surface area contributed by atoms with E-state index < -0.39 is 11.4 Å². The van der Waals surface area contributed by atoms with Gasteiger partial charge in [-0.15, -0.1) is 0 Å². The van der Waals surface area contributed by atoms with Crippen LogP contribution in [0.5, 0.6) is 0 Å². The predicted octanol–water partition coefficient (Wildman–Crippen LogP) is 2.35. The lowest BCUT2D eigenvalue weighted by atomic mass is 9.83. The van der Waals surface area contributed by atoms with Crippen LogP contribution in [0.25, 0.3) is 0 Å². The molecule has 0 radical (unpaired) electrons. The van der Waals surface area contributed by atoms with Gasteiger partial charge >= 0.3 is 5.97 Å². The van der Waals surface area contributed by atoms with Crippen LogP contribution in [-0.4, -0.2) is 28.3 Å². The van der Waals surface area contributed by atoms with E-state index in [0.717, 1.165) is 25.7 Å². The summed E-state index contributed by atoms with van der Waals surface area (Å²) >= 11 is 0. The minimum atomic E-state index is -0.750. The fourth-order valence-electron chi connectivity index (χ4n) is 3.17. The first-order valence-corrected chi connectivity index (χ1v) is 7.23. The van der Waals surface area contributed by atoms with Crippen molar-refractivity contribution in [1.82, 2.24) is 10.1 Å². The Bertz CT molecular complexity index is 489. The number of methoxy groups -OCH3 is 1. The van der Waals surface area contributed by atoms with Crippen molar-refractivity contribution >= 4 is 5.97 Å². The molecule has 0 bridgehead atoms. The zero-order valence-electron chi connectivity index (χ0n) is 11.7. The Morgan fingerprint density at radius 1 is 1.50 bits per heavy atom. The van der Waals surface area contributed by atoms with Crippen molar-refractivity contribution in [3.63, 3.8) is 0 Å². The van der Waals surface area contributed by atoms with E-state index in [2.05, 4.69) is 10.1 Å². The molecular weight excluding hydrogens is 260 g/mol. The third-order valence-corrected chi connectivity index (χ3v) is 4.55. The first-order chi connectivity index (χ1) is 9.64. The van der Waals surface area contributed by atoms with Gasteiger partial charge in [0.05, 0.1) is 5.41 Å². The third-order valence-electron chi connectivity index (χ3n) is 4.55. The summed E-state index contributed by atoms with van der Waals surface area (Å²) in [6, 6.07) is 0. The zero-order chi connectivity index (χ0) is 14.2. The zero-order valence-corrected chi connectivity index (χ0v) is 11.7. The quantitative estimate of drug-likeness (QED) is 0.861. The van der Waals surface area contributed by atoms with Crippen LogP contribution in [0.4, 0.5) is 0 Å². The van der Waals surface area contributed by atoms with Gasteiger partial charge < -0.3 is 14.4 Å². The molecule has 3 rings (SSSR count). The molecule has 1 unspecified atom stereocenters. The summed E-state index contributed by atoms with van der Waals surface area (Å²) in [5.41, 5.74) is -0.716. The summed E-state index contributed by atoms with van der Waals surface area (Å²) in [6.45, 7) is 0. The van der Waals surface area contributed by atoms with Gasteiger partial charge in [0.15, 0.2) is 0 Å². The van der Waals surface area contributed by atoms with Crippen LogP contribution in [0.1, 0.15) is 56.3 Å². The maximum absolute atomic E-state index is 11.5. The van der Waals surface area contributed by atoms with Crippen molar-refractivity contribution < 1.29 is 19.2 Å². The number of aliphatic carboxylic acids is 1. The van der Waals surface area contributed by atoms with Crippen LogP contribution < -0.4 is 0 Å². The average molecular weight is 280 g/mol. The SMILES string of the molecule is COC(c1noc(CC2(C(=O)O)CCCC2)n1)C1CC1. The maximum atomic E-state index is 11.5. The molecule has 2 fully saturated rings. The highest BCUT2D eigenvalue weighted by atomic mass is 16.5. The van der Waals surface area contributed by atoms with E-state index in [1.807, 2.05) is 0 Å². The fraction of sp³-hybridized carbons (Fsp3) is 0.786. The summed E-state index contributed by atoms with van der Waals surface area (Å²) in [4.78, 5) is 15.9. The highest BCUT2D eigenvalue weighted by Crippen LogP contribution is 2.43. The molecule has 0 aliphatic heterocycles. The van der Waals surface area contributed by atoms with Gasteiger partial charge in [-0.05, 0) is 31.6 Å². The van der Waals surface area contributed by atoms with E-state index >= 15 is 0 Å². The summed E-state index contributed by atoms with van der Waals surface area (Å²) in [5, 5.41) is 13.4. The molecule has 2 aliphatic rings. The molecule has 0 amide bonds. The molecule has 1 aromatic rings. The van der Waals surface area contributed by atoms with Gasteiger partial charge in [-0.25, -0.2) is 0 Å². The highest BCUT2D eigenvalue weighted by Gasteiger charge is 2.43. The molecule has 1 heterocycles. The number of hydrogen-bond acceptors (Lipinski definition) is 5. The summed E-state index contributed by atoms with van der Waals surface area (Å²) in [6.07, 6.45) is 5.76. The molecule has 1 aromatic heterocycles. The summed E-state index contributed by atoms with van der Waals surface area (Å²) < 4.78 is 10.7. The minimum absolute atomic E-state index is 0.114.